The van der Waals surface area contributed by atoms with E-state index in [0.717, 1.165) is 6.07 Å². The number of aromatic nitrogens is 1. The van der Waals surface area contributed by atoms with E-state index >= 15 is 0 Å². The number of hydrogen-bond donors (Lipinski definition) is 3. The second-order valence-corrected chi connectivity index (χ2v) is 9.75. The maximum atomic E-state index is 14.8. The first kappa shape index (κ1) is 28.7. The summed E-state index contributed by atoms with van der Waals surface area (Å²) in [5, 5.41) is 2.47. The largest absolute Gasteiger partial charge is 0.417 e. The van der Waals surface area contributed by atoms with E-state index in [2.05, 4.69) is 15.2 Å². The van der Waals surface area contributed by atoms with Crippen LogP contribution in [0.25, 0.3) is 11.1 Å². The molecular formula is C27H26F5N5O3. The third kappa shape index (κ3) is 5.69. The summed E-state index contributed by atoms with van der Waals surface area (Å²) in [5.74, 6) is -4.47. The highest BCUT2D eigenvalue weighted by Crippen LogP contribution is 2.36. The Balaban J connectivity index is 1.84. The van der Waals surface area contributed by atoms with Crippen molar-refractivity contribution in [3.63, 3.8) is 0 Å². The molecule has 212 valence electrons. The Morgan fingerprint density at radius 1 is 1.00 bits per heavy atom. The van der Waals surface area contributed by atoms with Crippen LogP contribution < -0.4 is 21.5 Å². The van der Waals surface area contributed by atoms with Crippen LogP contribution in [0.4, 0.5) is 33.3 Å². The third-order valence-corrected chi connectivity index (χ3v) is 7.05. The molecule has 4 rings (SSSR count). The van der Waals surface area contributed by atoms with Gasteiger partial charge in [-0.15, -0.1) is 0 Å². The first-order valence-electron chi connectivity index (χ1n) is 12.2. The minimum Gasteiger partial charge on any atom is -0.367 e. The van der Waals surface area contributed by atoms with Crippen LogP contribution in [0.1, 0.15) is 40.1 Å². The molecule has 0 unspecified atom stereocenters. The van der Waals surface area contributed by atoms with Gasteiger partial charge in [0.2, 0.25) is 5.56 Å². The molecule has 2 aromatic carbocycles. The van der Waals surface area contributed by atoms with Crippen molar-refractivity contribution in [3.05, 3.63) is 81.3 Å². The highest BCUT2D eigenvalue weighted by Gasteiger charge is 2.36. The van der Waals surface area contributed by atoms with Gasteiger partial charge in [-0.05, 0) is 44.7 Å². The molecule has 1 aromatic heterocycles. The summed E-state index contributed by atoms with van der Waals surface area (Å²) >= 11 is 0. The Bertz CT molecular complexity index is 1530. The number of hydrogen-bond acceptors (Lipinski definition) is 5. The van der Waals surface area contributed by atoms with Gasteiger partial charge in [-0.25, -0.2) is 8.78 Å². The predicted octanol–water partition coefficient (Wildman–Crippen LogP) is 4.22. The molecule has 2 heterocycles. The molecule has 0 aliphatic carbocycles. The molecule has 2 amide bonds. The van der Waals surface area contributed by atoms with E-state index in [-0.39, 0.29) is 35.0 Å². The molecule has 1 aliphatic heterocycles. The first-order chi connectivity index (χ1) is 18.7. The van der Waals surface area contributed by atoms with Gasteiger partial charge in [-0.2, -0.15) is 13.2 Å². The number of primary amides is 1. The number of nitrogens with zero attached hydrogens (tertiary/aromatic N) is 2. The van der Waals surface area contributed by atoms with E-state index in [1.54, 1.807) is 6.07 Å². The summed E-state index contributed by atoms with van der Waals surface area (Å²) in [6, 6.07) is 6.24. The number of nitrogens with one attached hydrogen (secondary N) is 2. The van der Waals surface area contributed by atoms with Crippen molar-refractivity contribution in [3.8, 4) is 11.1 Å². The van der Waals surface area contributed by atoms with Crippen molar-refractivity contribution in [2.24, 2.45) is 5.73 Å². The van der Waals surface area contributed by atoms with E-state index in [1.807, 2.05) is 25.8 Å². The Morgan fingerprint density at radius 3 is 2.25 bits per heavy atom. The molecule has 4 N–H and O–H groups in total. The van der Waals surface area contributed by atoms with Gasteiger partial charge >= 0.3 is 6.18 Å². The normalized spacial score (nSPS) is 18.1. The van der Waals surface area contributed by atoms with Crippen molar-refractivity contribution in [2.75, 3.05) is 30.4 Å². The van der Waals surface area contributed by atoms with Crippen LogP contribution >= 0.6 is 0 Å². The van der Waals surface area contributed by atoms with Gasteiger partial charge in [0.25, 0.3) is 11.8 Å². The van der Waals surface area contributed by atoms with Gasteiger partial charge in [0.05, 0.1) is 28.1 Å². The maximum absolute atomic E-state index is 14.8. The number of piperazine rings is 1. The highest BCUT2D eigenvalue weighted by atomic mass is 19.4. The van der Waals surface area contributed by atoms with Crippen molar-refractivity contribution < 1.29 is 31.5 Å². The zero-order chi connectivity index (χ0) is 29.5. The van der Waals surface area contributed by atoms with Crippen LogP contribution in [-0.2, 0) is 6.18 Å². The summed E-state index contributed by atoms with van der Waals surface area (Å²) in [6.45, 7) is 4.99. The number of nitrogens with two attached hydrogens (primary N) is 1. The lowest BCUT2D eigenvalue weighted by molar-refractivity contribution is -0.138. The van der Waals surface area contributed by atoms with Crippen molar-refractivity contribution >= 4 is 23.2 Å². The summed E-state index contributed by atoms with van der Waals surface area (Å²) in [4.78, 5) is 42.5. The van der Waals surface area contributed by atoms with Gasteiger partial charge in [0, 0.05) is 49.1 Å². The molecular weight excluding hydrogens is 537 g/mol. The van der Waals surface area contributed by atoms with Crippen LogP contribution in [0, 0.1) is 11.6 Å². The quantitative estimate of drug-likeness (QED) is 0.403. The number of anilines is 2. The SMILES string of the molecule is C[C@@H]1CN(c2ccc(-c3cc(C(N)=O)c(F)cc3F)cc2NC(=O)c2c[nH]c(=O)cc2C(F)(F)F)C[C@H](C)N1C. The fourth-order valence-corrected chi connectivity index (χ4v) is 4.72. The van der Waals surface area contributed by atoms with Gasteiger partial charge in [-0.1, -0.05) is 6.07 Å². The number of aromatic amines is 1. The van der Waals surface area contributed by atoms with Crippen molar-refractivity contribution in [1.82, 2.24) is 9.88 Å². The van der Waals surface area contributed by atoms with Gasteiger partial charge in [0.15, 0.2) is 0 Å². The van der Waals surface area contributed by atoms with Crippen LogP contribution in [0.15, 0.2) is 47.4 Å². The molecule has 13 heteroatoms. The number of rotatable bonds is 5. The maximum Gasteiger partial charge on any atom is 0.417 e. The Morgan fingerprint density at radius 2 is 1.65 bits per heavy atom. The number of carbonyl (C=O) groups excluding carboxylic acids is 2. The van der Waals surface area contributed by atoms with E-state index in [4.69, 9.17) is 5.73 Å². The molecule has 0 spiro atoms. The minimum atomic E-state index is -4.99. The molecule has 3 aromatic rings. The average molecular weight is 564 g/mol. The number of halogens is 5. The molecule has 1 saturated heterocycles. The Hall–Kier alpha value is -4.26. The Kier molecular flexibility index (Phi) is 7.70. The van der Waals surface area contributed by atoms with Crippen molar-refractivity contribution in [2.45, 2.75) is 32.1 Å². The molecule has 1 aliphatic rings. The van der Waals surface area contributed by atoms with Gasteiger partial charge < -0.3 is 20.9 Å². The number of likely N-dealkylation sites (N-methyl/N-ethyl adjacent to an activating group) is 1. The lowest BCUT2D eigenvalue weighted by Crippen LogP contribution is -2.55. The molecule has 8 nitrogen and oxygen atoms in total. The lowest BCUT2D eigenvalue weighted by Gasteiger charge is -2.44. The second kappa shape index (κ2) is 10.7. The zero-order valence-electron chi connectivity index (χ0n) is 21.7. The summed E-state index contributed by atoms with van der Waals surface area (Å²) < 4.78 is 69.8. The van der Waals surface area contributed by atoms with E-state index < -0.39 is 51.9 Å². The number of alkyl halides is 3. The molecule has 0 radical (unpaired) electrons. The van der Waals surface area contributed by atoms with Crippen LogP contribution in [-0.4, -0.2) is 53.9 Å². The van der Waals surface area contributed by atoms with E-state index in [9.17, 15) is 36.3 Å². The fourth-order valence-electron chi connectivity index (χ4n) is 4.72. The topological polar surface area (TPSA) is 112 Å². The highest BCUT2D eigenvalue weighted by molar-refractivity contribution is 6.07. The monoisotopic (exact) mass is 563 g/mol. The smallest absolute Gasteiger partial charge is 0.367 e. The van der Waals surface area contributed by atoms with E-state index in [0.29, 0.717) is 31.0 Å². The summed E-state index contributed by atoms with van der Waals surface area (Å²) in [7, 11) is 1.96. The standard InChI is InChI=1S/C27H26F5N5O3/c1-13-11-37(12-14(2)36(13)3)23-5-4-15(16-7-17(25(33)39)21(29)9-20(16)28)6-22(23)35-26(40)18-10-34-24(38)8-19(18)27(30,31)32/h4-10,13-14H,11-12H2,1-3H3,(H2,33,39)(H,34,38)(H,35,40)/t13-,14+. The second-order valence-electron chi connectivity index (χ2n) is 9.75. The van der Waals surface area contributed by atoms with Gasteiger partial charge in [-0.3, -0.25) is 19.3 Å². The summed E-state index contributed by atoms with van der Waals surface area (Å²) in [6.07, 6.45) is -4.32. The molecule has 40 heavy (non-hydrogen) atoms. The van der Waals surface area contributed by atoms with Crippen molar-refractivity contribution in [1.29, 1.82) is 0 Å². The number of amides is 2. The van der Waals surface area contributed by atoms with Crippen LogP contribution in [0.5, 0.6) is 0 Å². The first-order valence-corrected chi connectivity index (χ1v) is 12.2. The van der Waals surface area contributed by atoms with Gasteiger partial charge in [0.1, 0.15) is 11.6 Å². The van der Waals surface area contributed by atoms with Crippen LogP contribution in [0.2, 0.25) is 0 Å². The molecule has 1 fully saturated rings. The predicted molar refractivity (Wildman–Crippen MR) is 139 cm³/mol. The van der Waals surface area contributed by atoms with E-state index in [1.165, 1.54) is 12.1 Å². The molecule has 0 saturated carbocycles. The lowest BCUT2D eigenvalue weighted by atomic mass is 9.99. The molecule has 0 bridgehead atoms. The van der Waals surface area contributed by atoms with Crippen LogP contribution in [0.3, 0.4) is 0 Å². The Labute approximate surface area is 225 Å². The minimum absolute atomic E-state index is 0.0372. The summed E-state index contributed by atoms with van der Waals surface area (Å²) in [5.41, 5.74) is 1.73. The average Bonchev–Trinajstić information content (AvgIpc) is 2.86. The molecule has 2 atom stereocenters. The number of benzene rings is 2. The fraction of sp³-hybridized carbons (Fsp3) is 0.296. The third-order valence-electron chi connectivity index (χ3n) is 7.05. The number of pyridine rings is 1. The number of H-pyrrole nitrogens is 1. The zero-order valence-corrected chi connectivity index (χ0v) is 21.7. The number of carbonyl (C=O) groups is 2.